The summed E-state index contributed by atoms with van der Waals surface area (Å²) in [6.45, 7) is 3.02. The van der Waals surface area contributed by atoms with Crippen LogP contribution < -0.4 is 4.74 Å². The summed E-state index contributed by atoms with van der Waals surface area (Å²) in [5.41, 5.74) is 3.16. The van der Waals surface area contributed by atoms with E-state index in [1.54, 1.807) is 12.4 Å². The van der Waals surface area contributed by atoms with Crippen LogP contribution in [0.2, 0.25) is 0 Å². The van der Waals surface area contributed by atoms with Crippen molar-refractivity contribution in [1.29, 1.82) is 0 Å². The molecule has 1 aromatic carbocycles. The van der Waals surface area contributed by atoms with Gasteiger partial charge in [-0.2, -0.15) is 0 Å². The third-order valence-electron chi connectivity index (χ3n) is 10.7. The highest BCUT2D eigenvalue weighted by molar-refractivity contribution is 5.79. The van der Waals surface area contributed by atoms with Crippen LogP contribution in [0.4, 0.5) is 0 Å². The topological polar surface area (TPSA) is 78.8 Å². The summed E-state index contributed by atoms with van der Waals surface area (Å²) in [4.78, 5) is 27.4. The van der Waals surface area contributed by atoms with Gasteiger partial charge >= 0.3 is 0 Å². The molecule has 5 atom stereocenters. The minimum Gasteiger partial charge on any atom is -0.504 e. The van der Waals surface area contributed by atoms with E-state index in [0.717, 1.165) is 51.1 Å². The fourth-order valence-electron chi connectivity index (χ4n) is 9.06. The summed E-state index contributed by atoms with van der Waals surface area (Å²) in [6.07, 6.45) is 16.5. The molecule has 5 heterocycles. The van der Waals surface area contributed by atoms with Crippen molar-refractivity contribution in [2.45, 2.75) is 75.0 Å². The highest BCUT2D eigenvalue weighted by Gasteiger charge is 2.74. The maximum absolute atomic E-state index is 13.8. The Morgan fingerprint density at radius 2 is 2.00 bits per heavy atom. The number of phenols is 1. The van der Waals surface area contributed by atoms with Gasteiger partial charge in [-0.15, -0.1) is 6.42 Å². The molecule has 1 aromatic heterocycles. The number of carbonyl (C=O) groups excluding carboxylic acids is 1. The number of fused-ring (bicyclic) bond motifs is 3. The van der Waals surface area contributed by atoms with Crippen LogP contribution in [0.5, 0.6) is 11.5 Å². The lowest BCUT2D eigenvalue weighted by molar-refractivity contribution is -0.143. The Labute approximate surface area is 217 Å². The van der Waals surface area contributed by atoms with E-state index in [0.29, 0.717) is 23.2 Å². The SMILES string of the molecule is C#Cc1cnc(CC(=O)N2CC[C@@]34CC[C@@H]2[C@@H]2Oc5c(O)ccc6c5[C@@]23CCN(CC2CC2)[C@@H]4C6)nc1. The van der Waals surface area contributed by atoms with E-state index in [2.05, 4.69) is 31.8 Å². The number of ether oxygens (including phenoxy) is 1. The highest BCUT2D eigenvalue weighted by atomic mass is 16.5. The minimum absolute atomic E-state index is 0.0125. The molecule has 7 nitrogen and oxygen atoms in total. The predicted octanol–water partition coefficient (Wildman–Crippen LogP) is 2.83. The molecule has 4 aliphatic heterocycles. The molecule has 0 radical (unpaired) electrons. The second-order valence-corrected chi connectivity index (χ2v) is 12.2. The van der Waals surface area contributed by atoms with Crippen molar-refractivity contribution in [2.75, 3.05) is 19.6 Å². The molecular weight excluding hydrogens is 464 g/mol. The Kier molecular flexibility index (Phi) is 4.43. The smallest absolute Gasteiger partial charge is 0.230 e. The van der Waals surface area contributed by atoms with E-state index in [1.165, 1.54) is 30.5 Å². The zero-order valence-electron chi connectivity index (χ0n) is 21.0. The van der Waals surface area contributed by atoms with Crippen LogP contribution in [0.3, 0.4) is 0 Å². The Morgan fingerprint density at radius 3 is 2.78 bits per heavy atom. The first-order valence-corrected chi connectivity index (χ1v) is 13.9. The third-order valence-corrected chi connectivity index (χ3v) is 10.7. The van der Waals surface area contributed by atoms with Crippen LogP contribution in [0.1, 0.15) is 61.0 Å². The number of hydrogen-bond acceptors (Lipinski definition) is 6. The number of piperidine rings is 1. The summed E-state index contributed by atoms with van der Waals surface area (Å²) >= 11 is 0. The molecule has 4 bridgehead atoms. The Hall–Kier alpha value is -3.11. The third kappa shape index (κ3) is 2.80. The number of terminal acetylenes is 1. The second kappa shape index (κ2) is 7.48. The van der Waals surface area contributed by atoms with E-state index in [9.17, 15) is 9.90 Å². The van der Waals surface area contributed by atoms with E-state index in [-0.39, 0.29) is 41.1 Å². The molecule has 3 aliphatic carbocycles. The quantitative estimate of drug-likeness (QED) is 0.656. The number of phenolic OH excluding ortho intramolecular Hbond substituents is 1. The van der Waals surface area contributed by atoms with Gasteiger partial charge in [0.1, 0.15) is 11.9 Å². The predicted molar refractivity (Wildman–Crippen MR) is 136 cm³/mol. The molecule has 2 aromatic rings. The number of carbonyl (C=O) groups is 1. The van der Waals surface area contributed by atoms with E-state index in [4.69, 9.17) is 11.2 Å². The molecule has 1 N–H and O–H groups in total. The number of aromatic hydroxyl groups is 1. The van der Waals surface area contributed by atoms with Crippen LogP contribution >= 0.6 is 0 Å². The fourth-order valence-corrected chi connectivity index (χ4v) is 9.06. The van der Waals surface area contributed by atoms with Crippen molar-refractivity contribution in [2.24, 2.45) is 11.3 Å². The Morgan fingerprint density at radius 1 is 1.16 bits per heavy atom. The van der Waals surface area contributed by atoms with Crippen molar-refractivity contribution in [3.05, 3.63) is 47.0 Å². The number of rotatable bonds is 4. The molecular formula is C30H32N4O3. The summed E-state index contributed by atoms with van der Waals surface area (Å²) in [5, 5.41) is 10.9. The molecule has 7 heteroatoms. The number of likely N-dealkylation sites (tertiary alicyclic amines) is 1. The van der Waals surface area contributed by atoms with Gasteiger partial charge in [-0.1, -0.05) is 12.0 Å². The summed E-state index contributed by atoms with van der Waals surface area (Å²) in [5.74, 6) is 4.87. The lowest BCUT2D eigenvalue weighted by Gasteiger charge is -2.66. The van der Waals surface area contributed by atoms with Gasteiger partial charge in [-0.3, -0.25) is 9.69 Å². The van der Waals surface area contributed by atoms with Crippen LogP contribution in [0.25, 0.3) is 0 Å². The molecule has 37 heavy (non-hydrogen) atoms. The van der Waals surface area contributed by atoms with Gasteiger partial charge in [-0.25, -0.2) is 9.97 Å². The van der Waals surface area contributed by atoms with Gasteiger partial charge in [0.2, 0.25) is 5.91 Å². The first-order chi connectivity index (χ1) is 18.0. The second-order valence-electron chi connectivity index (χ2n) is 12.2. The van der Waals surface area contributed by atoms with Gasteiger partial charge in [-0.05, 0) is 69.0 Å². The maximum atomic E-state index is 13.8. The van der Waals surface area contributed by atoms with Crippen molar-refractivity contribution in [3.8, 4) is 23.8 Å². The lowest BCUT2D eigenvalue weighted by atomic mass is 9.42. The maximum Gasteiger partial charge on any atom is 0.230 e. The summed E-state index contributed by atoms with van der Waals surface area (Å²) in [6, 6.07) is 4.41. The van der Waals surface area contributed by atoms with Crippen LogP contribution in [-0.4, -0.2) is 68.6 Å². The Balaban J connectivity index is 1.21. The zero-order chi connectivity index (χ0) is 24.9. The molecule has 7 aliphatic rings. The molecule has 9 rings (SSSR count). The standard InChI is InChI=1S/C30H32N4O3/c1-2-18-15-31-24(32-16-18)14-25(36)34-12-9-29-8-7-21(34)28-30(29)10-11-33(17-19-3-4-19)23(29)13-20-5-6-22(35)27(37-28)26(20)30/h1,5-6,15-16,19,21,23,28,35H,3-4,7-14,17H2/t21-,23-,28+,29-,30+/m1/s1. The average molecular weight is 497 g/mol. The fraction of sp³-hybridized carbons (Fsp3) is 0.567. The van der Waals surface area contributed by atoms with E-state index in [1.807, 2.05) is 6.07 Å². The number of hydrogen-bond donors (Lipinski definition) is 1. The molecule has 5 fully saturated rings. The van der Waals surface area contributed by atoms with Crippen LogP contribution in [0, 0.1) is 23.7 Å². The normalized spacial score (nSPS) is 34.9. The van der Waals surface area contributed by atoms with E-state index >= 15 is 0 Å². The van der Waals surface area contributed by atoms with Gasteiger partial charge in [0.25, 0.3) is 0 Å². The van der Waals surface area contributed by atoms with E-state index < -0.39 is 0 Å². The molecule has 1 amide bonds. The average Bonchev–Trinajstić information content (AvgIpc) is 3.70. The lowest BCUT2D eigenvalue weighted by Crippen LogP contribution is -2.72. The minimum atomic E-state index is -0.137. The van der Waals surface area contributed by atoms with Crippen molar-refractivity contribution in [3.63, 3.8) is 0 Å². The number of amides is 1. The van der Waals surface area contributed by atoms with Gasteiger partial charge in [0, 0.05) is 47.9 Å². The molecule has 3 saturated heterocycles. The number of benzene rings is 1. The first-order valence-electron chi connectivity index (χ1n) is 13.9. The van der Waals surface area contributed by atoms with Crippen molar-refractivity contribution >= 4 is 5.91 Å². The zero-order valence-corrected chi connectivity index (χ0v) is 21.0. The molecule has 190 valence electrons. The number of nitrogens with zero attached hydrogens (tertiary/aromatic N) is 4. The first kappa shape index (κ1) is 21.9. The van der Waals surface area contributed by atoms with Crippen LogP contribution in [-0.2, 0) is 23.1 Å². The largest absolute Gasteiger partial charge is 0.504 e. The van der Waals surface area contributed by atoms with Gasteiger partial charge < -0.3 is 14.7 Å². The summed E-state index contributed by atoms with van der Waals surface area (Å²) < 4.78 is 6.79. The monoisotopic (exact) mass is 496 g/mol. The van der Waals surface area contributed by atoms with Gasteiger partial charge in [0.15, 0.2) is 11.5 Å². The Bertz CT molecular complexity index is 1350. The molecule has 2 spiro atoms. The van der Waals surface area contributed by atoms with Crippen molar-refractivity contribution < 1.29 is 14.6 Å². The van der Waals surface area contributed by atoms with Gasteiger partial charge in [0.05, 0.1) is 18.0 Å². The van der Waals surface area contributed by atoms with Crippen LogP contribution in [0.15, 0.2) is 24.5 Å². The molecule has 2 saturated carbocycles. The number of aromatic nitrogens is 2. The highest BCUT2D eigenvalue weighted by Crippen LogP contribution is 2.71. The van der Waals surface area contributed by atoms with Crippen molar-refractivity contribution in [1.82, 2.24) is 19.8 Å². The molecule has 0 unspecified atom stereocenters. The summed E-state index contributed by atoms with van der Waals surface area (Å²) in [7, 11) is 0.